The average Bonchev–Trinajstić information content (AvgIpc) is 3.10. The summed E-state index contributed by atoms with van der Waals surface area (Å²) in [5.74, 6) is -0.0141. The van der Waals surface area contributed by atoms with Crippen LogP contribution < -0.4 is 5.32 Å². The zero-order valence-electron chi connectivity index (χ0n) is 12.8. The second-order valence-electron chi connectivity index (χ2n) is 5.72. The molecule has 5 nitrogen and oxygen atoms in total. The van der Waals surface area contributed by atoms with Crippen LogP contribution in [0.25, 0.3) is 0 Å². The Labute approximate surface area is 138 Å². The lowest BCUT2D eigenvalue weighted by Crippen LogP contribution is -2.38. The molecule has 1 N–H and O–H groups in total. The fourth-order valence-electron chi connectivity index (χ4n) is 2.66. The van der Waals surface area contributed by atoms with Crippen molar-refractivity contribution in [2.45, 2.75) is 48.2 Å². The predicted molar refractivity (Wildman–Crippen MR) is 89.4 cm³/mol. The second kappa shape index (κ2) is 6.83. The Balaban J connectivity index is 1.46. The SMILES string of the molecule is Cc1csc(SC2CCC(NC(=O)c3cnn(C)c3)CC2)n1. The molecule has 2 heterocycles. The van der Waals surface area contributed by atoms with E-state index in [9.17, 15) is 4.79 Å². The van der Waals surface area contributed by atoms with Gasteiger partial charge in [-0.05, 0) is 32.6 Å². The van der Waals surface area contributed by atoms with Gasteiger partial charge in [-0.3, -0.25) is 9.48 Å². The lowest BCUT2D eigenvalue weighted by molar-refractivity contribution is 0.0928. The van der Waals surface area contributed by atoms with Crippen molar-refractivity contribution in [3.63, 3.8) is 0 Å². The molecule has 1 aliphatic carbocycles. The van der Waals surface area contributed by atoms with Gasteiger partial charge in [0.25, 0.3) is 5.91 Å². The number of aryl methyl sites for hydroxylation is 2. The number of rotatable bonds is 4. The van der Waals surface area contributed by atoms with Crippen molar-refractivity contribution in [2.75, 3.05) is 0 Å². The number of carbonyl (C=O) groups excluding carboxylic acids is 1. The molecule has 0 radical (unpaired) electrons. The molecule has 3 rings (SSSR count). The molecule has 2 aromatic rings. The monoisotopic (exact) mass is 336 g/mol. The molecule has 7 heteroatoms. The van der Waals surface area contributed by atoms with E-state index in [0.29, 0.717) is 10.8 Å². The zero-order chi connectivity index (χ0) is 15.5. The van der Waals surface area contributed by atoms with Crippen molar-refractivity contribution in [3.05, 3.63) is 29.0 Å². The third-order valence-electron chi connectivity index (χ3n) is 3.84. The van der Waals surface area contributed by atoms with Gasteiger partial charge in [0.1, 0.15) is 4.34 Å². The van der Waals surface area contributed by atoms with Crippen LogP contribution in [0, 0.1) is 6.92 Å². The number of thiazole rings is 1. The maximum atomic E-state index is 12.1. The van der Waals surface area contributed by atoms with E-state index < -0.39 is 0 Å². The molecule has 0 aliphatic heterocycles. The molecule has 1 saturated carbocycles. The molecule has 0 spiro atoms. The summed E-state index contributed by atoms with van der Waals surface area (Å²) in [6, 6.07) is 0.280. The fraction of sp³-hybridized carbons (Fsp3) is 0.533. The summed E-state index contributed by atoms with van der Waals surface area (Å²) in [4.78, 5) is 16.6. The lowest BCUT2D eigenvalue weighted by atomic mass is 9.95. The third kappa shape index (κ3) is 3.89. The van der Waals surface area contributed by atoms with Crippen molar-refractivity contribution in [3.8, 4) is 0 Å². The van der Waals surface area contributed by atoms with Gasteiger partial charge in [0.05, 0.1) is 11.8 Å². The van der Waals surface area contributed by atoms with Crippen molar-refractivity contribution < 1.29 is 4.79 Å². The molecule has 0 unspecified atom stereocenters. The predicted octanol–water partition coefficient (Wildman–Crippen LogP) is 3.02. The standard InChI is InChI=1S/C15H20N4OS2/c1-10-9-21-15(17-10)22-13-5-3-12(4-6-13)18-14(20)11-7-16-19(2)8-11/h7-9,12-13H,3-6H2,1-2H3,(H,18,20). The number of hydrogen-bond donors (Lipinski definition) is 1. The number of nitrogens with one attached hydrogen (secondary N) is 1. The third-order valence-corrected chi connectivity index (χ3v) is 6.27. The zero-order valence-corrected chi connectivity index (χ0v) is 14.4. The molecule has 1 amide bonds. The molecular formula is C15H20N4OS2. The van der Waals surface area contributed by atoms with E-state index in [-0.39, 0.29) is 11.9 Å². The van der Waals surface area contributed by atoms with Gasteiger partial charge < -0.3 is 5.32 Å². The van der Waals surface area contributed by atoms with Crippen LogP contribution >= 0.6 is 23.1 Å². The Morgan fingerprint density at radius 3 is 2.77 bits per heavy atom. The molecule has 1 aliphatic rings. The smallest absolute Gasteiger partial charge is 0.254 e. The van der Waals surface area contributed by atoms with Gasteiger partial charge in [0, 0.05) is 35.6 Å². The summed E-state index contributed by atoms with van der Waals surface area (Å²) in [6.45, 7) is 2.03. The van der Waals surface area contributed by atoms with Gasteiger partial charge in [-0.25, -0.2) is 4.98 Å². The highest BCUT2D eigenvalue weighted by atomic mass is 32.2. The molecule has 0 aromatic carbocycles. The fourth-order valence-corrected chi connectivity index (χ4v) is 4.95. The molecule has 118 valence electrons. The summed E-state index contributed by atoms with van der Waals surface area (Å²) in [7, 11) is 1.82. The first kappa shape index (κ1) is 15.6. The number of hydrogen-bond acceptors (Lipinski definition) is 5. The van der Waals surface area contributed by atoms with Crippen LogP contribution in [0.5, 0.6) is 0 Å². The van der Waals surface area contributed by atoms with Gasteiger partial charge in [-0.2, -0.15) is 5.10 Å². The van der Waals surface area contributed by atoms with E-state index in [4.69, 9.17) is 0 Å². The molecule has 2 aromatic heterocycles. The van der Waals surface area contributed by atoms with Crippen molar-refractivity contribution in [1.82, 2.24) is 20.1 Å². The lowest BCUT2D eigenvalue weighted by Gasteiger charge is -2.28. The Morgan fingerprint density at radius 1 is 1.41 bits per heavy atom. The van der Waals surface area contributed by atoms with Crippen LogP contribution in [0.1, 0.15) is 41.7 Å². The molecule has 0 bridgehead atoms. The van der Waals surface area contributed by atoms with Gasteiger partial charge >= 0.3 is 0 Å². The highest BCUT2D eigenvalue weighted by Crippen LogP contribution is 2.35. The summed E-state index contributed by atoms with van der Waals surface area (Å²) in [5.41, 5.74) is 1.74. The van der Waals surface area contributed by atoms with Gasteiger partial charge in [-0.1, -0.05) is 11.8 Å². The highest BCUT2D eigenvalue weighted by Gasteiger charge is 2.24. The Hall–Kier alpha value is -1.34. The Morgan fingerprint density at radius 2 is 2.18 bits per heavy atom. The highest BCUT2D eigenvalue weighted by molar-refractivity contribution is 8.01. The van der Waals surface area contributed by atoms with E-state index in [2.05, 4.69) is 20.8 Å². The number of carbonyl (C=O) groups is 1. The van der Waals surface area contributed by atoms with E-state index in [1.54, 1.807) is 28.4 Å². The summed E-state index contributed by atoms with van der Waals surface area (Å²) < 4.78 is 2.82. The van der Waals surface area contributed by atoms with Crippen molar-refractivity contribution in [2.24, 2.45) is 7.05 Å². The number of nitrogens with zero attached hydrogens (tertiary/aromatic N) is 3. The molecule has 22 heavy (non-hydrogen) atoms. The normalized spacial score (nSPS) is 21.7. The maximum absolute atomic E-state index is 12.1. The summed E-state index contributed by atoms with van der Waals surface area (Å²) >= 11 is 3.61. The molecular weight excluding hydrogens is 316 g/mol. The summed E-state index contributed by atoms with van der Waals surface area (Å²) in [6.07, 6.45) is 7.69. The largest absolute Gasteiger partial charge is 0.349 e. The Bertz CT molecular complexity index is 644. The minimum absolute atomic E-state index is 0.0141. The first-order valence-corrected chi connectivity index (χ1v) is 9.24. The van der Waals surface area contributed by atoms with E-state index in [1.165, 1.54) is 4.34 Å². The van der Waals surface area contributed by atoms with Crippen LogP contribution in [0.2, 0.25) is 0 Å². The number of aromatic nitrogens is 3. The van der Waals surface area contributed by atoms with Crippen LogP contribution in [-0.2, 0) is 7.05 Å². The van der Waals surface area contributed by atoms with Gasteiger partial charge in [0.2, 0.25) is 0 Å². The van der Waals surface area contributed by atoms with Gasteiger partial charge in [-0.15, -0.1) is 11.3 Å². The topological polar surface area (TPSA) is 59.8 Å². The molecule has 0 saturated heterocycles. The van der Waals surface area contributed by atoms with Crippen molar-refractivity contribution in [1.29, 1.82) is 0 Å². The van der Waals surface area contributed by atoms with Crippen LogP contribution in [0.4, 0.5) is 0 Å². The van der Waals surface area contributed by atoms with Crippen LogP contribution in [-0.4, -0.2) is 32.0 Å². The molecule has 0 atom stereocenters. The summed E-state index contributed by atoms with van der Waals surface area (Å²) in [5, 5.41) is 9.88. The Kier molecular flexibility index (Phi) is 4.83. The minimum Gasteiger partial charge on any atom is -0.349 e. The van der Waals surface area contributed by atoms with Crippen LogP contribution in [0.15, 0.2) is 22.1 Å². The van der Waals surface area contributed by atoms with E-state index in [1.807, 2.05) is 25.7 Å². The number of amides is 1. The van der Waals surface area contributed by atoms with E-state index in [0.717, 1.165) is 31.4 Å². The minimum atomic E-state index is -0.0141. The van der Waals surface area contributed by atoms with E-state index >= 15 is 0 Å². The maximum Gasteiger partial charge on any atom is 0.254 e. The quantitative estimate of drug-likeness (QED) is 0.932. The van der Waals surface area contributed by atoms with Crippen LogP contribution in [0.3, 0.4) is 0 Å². The van der Waals surface area contributed by atoms with Crippen molar-refractivity contribution >= 4 is 29.0 Å². The number of thioether (sulfide) groups is 1. The first-order valence-electron chi connectivity index (χ1n) is 7.48. The first-order chi connectivity index (χ1) is 10.6. The van der Waals surface area contributed by atoms with Gasteiger partial charge in [0.15, 0.2) is 0 Å². The average molecular weight is 336 g/mol. The molecule has 1 fully saturated rings. The second-order valence-corrected chi connectivity index (χ2v) is 8.13.